The van der Waals surface area contributed by atoms with E-state index in [-0.39, 0.29) is 0 Å². The van der Waals surface area contributed by atoms with Crippen LogP contribution in [0.5, 0.6) is 0 Å². The largest absolute Gasteiger partial charge is 0.386 e. The zero-order valence-corrected chi connectivity index (χ0v) is 7.86. The molecule has 1 saturated heterocycles. The first kappa shape index (κ1) is 8.44. The molecule has 4 nitrogen and oxygen atoms in total. The van der Waals surface area contributed by atoms with Gasteiger partial charge in [-0.2, -0.15) is 0 Å². The standard InChI is InChI=1S/C9H13N3O/c1-7-3-10-8(11-4-7)12-5-9(2,13)6-12/h3-4,13H,5-6H2,1-2H3. The third kappa shape index (κ3) is 1.62. The van der Waals surface area contributed by atoms with Gasteiger partial charge in [-0.05, 0) is 19.4 Å². The molecule has 0 aromatic carbocycles. The Balaban J connectivity index is 2.08. The van der Waals surface area contributed by atoms with Crippen LogP contribution in [0.1, 0.15) is 12.5 Å². The van der Waals surface area contributed by atoms with Crippen LogP contribution in [0.3, 0.4) is 0 Å². The fourth-order valence-electron chi connectivity index (χ4n) is 1.47. The van der Waals surface area contributed by atoms with Crippen LogP contribution in [0.2, 0.25) is 0 Å². The maximum absolute atomic E-state index is 9.50. The highest BCUT2D eigenvalue weighted by molar-refractivity contribution is 5.36. The molecule has 70 valence electrons. The van der Waals surface area contributed by atoms with Crippen molar-refractivity contribution in [3.63, 3.8) is 0 Å². The molecule has 1 fully saturated rings. The molecule has 0 unspecified atom stereocenters. The number of hydrogen-bond acceptors (Lipinski definition) is 4. The predicted octanol–water partition coefficient (Wildman–Crippen LogP) is 0.356. The van der Waals surface area contributed by atoms with Gasteiger partial charge in [0.2, 0.25) is 5.95 Å². The number of hydrogen-bond donors (Lipinski definition) is 1. The highest BCUT2D eigenvalue weighted by atomic mass is 16.3. The molecule has 2 rings (SSSR count). The van der Waals surface area contributed by atoms with E-state index >= 15 is 0 Å². The molecular formula is C9H13N3O. The minimum Gasteiger partial charge on any atom is -0.386 e. The molecule has 1 aromatic rings. The van der Waals surface area contributed by atoms with Crippen LogP contribution in [-0.4, -0.2) is 33.8 Å². The summed E-state index contributed by atoms with van der Waals surface area (Å²) in [6, 6.07) is 0. The molecular weight excluding hydrogens is 166 g/mol. The first-order valence-electron chi connectivity index (χ1n) is 4.33. The fraction of sp³-hybridized carbons (Fsp3) is 0.556. The molecule has 0 atom stereocenters. The van der Waals surface area contributed by atoms with Crippen LogP contribution < -0.4 is 4.90 Å². The summed E-state index contributed by atoms with van der Waals surface area (Å²) in [5.74, 6) is 0.706. The van der Waals surface area contributed by atoms with Gasteiger partial charge >= 0.3 is 0 Å². The normalized spacial score (nSPS) is 19.8. The van der Waals surface area contributed by atoms with Crippen molar-refractivity contribution in [3.8, 4) is 0 Å². The fourth-order valence-corrected chi connectivity index (χ4v) is 1.47. The Bertz CT molecular complexity index is 299. The number of aromatic nitrogens is 2. The average Bonchev–Trinajstić information content (AvgIpc) is 2.01. The molecule has 0 spiro atoms. The Kier molecular flexibility index (Phi) is 1.73. The highest BCUT2D eigenvalue weighted by Crippen LogP contribution is 2.23. The van der Waals surface area contributed by atoms with E-state index in [0.29, 0.717) is 19.0 Å². The first-order chi connectivity index (χ1) is 6.07. The molecule has 0 bridgehead atoms. The lowest BCUT2D eigenvalue weighted by atomic mass is 9.98. The zero-order chi connectivity index (χ0) is 9.47. The lowest BCUT2D eigenvalue weighted by Crippen LogP contribution is -2.60. The van der Waals surface area contributed by atoms with E-state index in [0.717, 1.165) is 5.56 Å². The van der Waals surface area contributed by atoms with Gasteiger partial charge in [-0.15, -0.1) is 0 Å². The van der Waals surface area contributed by atoms with E-state index in [1.54, 1.807) is 12.4 Å². The Morgan fingerprint density at radius 2 is 1.92 bits per heavy atom. The maximum atomic E-state index is 9.50. The minimum absolute atomic E-state index is 0.561. The molecule has 0 aliphatic carbocycles. The van der Waals surface area contributed by atoms with Crippen LogP contribution in [0.15, 0.2) is 12.4 Å². The summed E-state index contributed by atoms with van der Waals surface area (Å²) in [6.45, 7) is 5.01. The molecule has 0 amide bonds. The molecule has 13 heavy (non-hydrogen) atoms. The van der Waals surface area contributed by atoms with Crippen molar-refractivity contribution in [2.45, 2.75) is 19.4 Å². The second-order valence-electron chi connectivity index (χ2n) is 3.91. The summed E-state index contributed by atoms with van der Waals surface area (Å²) in [4.78, 5) is 10.3. The number of β-amino-alcohol motifs (C(OH)–C–C–N with tert-alkyl or cyclic N) is 1. The van der Waals surface area contributed by atoms with Crippen molar-refractivity contribution < 1.29 is 5.11 Å². The van der Waals surface area contributed by atoms with E-state index in [2.05, 4.69) is 9.97 Å². The lowest BCUT2D eigenvalue weighted by molar-refractivity contribution is 0.0300. The molecule has 1 N–H and O–H groups in total. The van der Waals surface area contributed by atoms with E-state index in [9.17, 15) is 5.11 Å². The highest BCUT2D eigenvalue weighted by Gasteiger charge is 2.37. The Morgan fingerprint density at radius 1 is 1.38 bits per heavy atom. The maximum Gasteiger partial charge on any atom is 0.225 e. The SMILES string of the molecule is Cc1cnc(N2CC(C)(O)C2)nc1. The van der Waals surface area contributed by atoms with Crippen LogP contribution in [-0.2, 0) is 0 Å². The molecule has 0 radical (unpaired) electrons. The van der Waals surface area contributed by atoms with Gasteiger partial charge in [-0.1, -0.05) is 0 Å². The molecule has 0 saturated carbocycles. The molecule has 1 aliphatic rings. The number of aryl methyl sites for hydroxylation is 1. The summed E-state index contributed by atoms with van der Waals surface area (Å²) in [6.07, 6.45) is 3.57. The smallest absolute Gasteiger partial charge is 0.225 e. The second-order valence-corrected chi connectivity index (χ2v) is 3.91. The lowest BCUT2D eigenvalue weighted by Gasteiger charge is -2.44. The number of rotatable bonds is 1. The van der Waals surface area contributed by atoms with Crippen LogP contribution in [0, 0.1) is 6.92 Å². The topological polar surface area (TPSA) is 49.2 Å². The summed E-state index contributed by atoms with van der Waals surface area (Å²) >= 11 is 0. The number of aliphatic hydroxyl groups is 1. The summed E-state index contributed by atoms with van der Waals surface area (Å²) in [7, 11) is 0. The van der Waals surface area contributed by atoms with Gasteiger partial charge < -0.3 is 10.0 Å². The van der Waals surface area contributed by atoms with E-state index in [4.69, 9.17) is 0 Å². The second kappa shape index (κ2) is 2.67. The van der Waals surface area contributed by atoms with Gasteiger partial charge in [0.25, 0.3) is 0 Å². The summed E-state index contributed by atoms with van der Waals surface area (Å²) < 4.78 is 0. The van der Waals surface area contributed by atoms with Crippen LogP contribution in [0.25, 0.3) is 0 Å². The molecule has 1 aliphatic heterocycles. The van der Waals surface area contributed by atoms with E-state index in [1.165, 1.54) is 0 Å². The van der Waals surface area contributed by atoms with Gasteiger partial charge in [0.1, 0.15) is 0 Å². The van der Waals surface area contributed by atoms with Crippen molar-refractivity contribution >= 4 is 5.95 Å². The average molecular weight is 179 g/mol. The first-order valence-corrected chi connectivity index (χ1v) is 4.33. The zero-order valence-electron chi connectivity index (χ0n) is 7.86. The third-order valence-electron chi connectivity index (χ3n) is 2.11. The van der Waals surface area contributed by atoms with Crippen molar-refractivity contribution in [2.24, 2.45) is 0 Å². The Morgan fingerprint density at radius 3 is 2.38 bits per heavy atom. The van der Waals surface area contributed by atoms with E-state index < -0.39 is 5.60 Å². The van der Waals surface area contributed by atoms with Crippen molar-refractivity contribution in [3.05, 3.63) is 18.0 Å². The predicted molar refractivity (Wildman–Crippen MR) is 49.6 cm³/mol. The van der Waals surface area contributed by atoms with Crippen LogP contribution in [0.4, 0.5) is 5.95 Å². The minimum atomic E-state index is -0.561. The summed E-state index contributed by atoms with van der Waals surface area (Å²) in [5.41, 5.74) is 0.491. The Labute approximate surface area is 77.2 Å². The summed E-state index contributed by atoms with van der Waals surface area (Å²) in [5, 5.41) is 9.50. The van der Waals surface area contributed by atoms with Gasteiger partial charge in [-0.25, -0.2) is 9.97 Å². The van der Waals surface area contributed by atoms with Crippen molar-refractivity contribution in [1.29, 1.82) is 0 Å². The van der Waals surface area contributed by atoms with Gasteiger partial charge in [0.05, 0.1) is 18.7 Å². The van der Waals surface area contributed by atoms with E-state index in [1.807, 2.05) is 18.7 Å². The molecule has 4 heteroatoms. The van der Waals surface area contributed by atoms with Crippen molar-refractivity contribution in [2.75, 3.05) is 18.0 Å². The number of nitrogens with zero attached hydrogens (tertiary/aromatic N) is 3. The number of anilines is 1. The molecule has 2 heterocycles. The molecule has 1 aromatic heterocycles. The van der Waals surface area contributed by atoms with Gasteiger partial charge in [-0.3, -0.25) is 0 Å². The van der Waals surface area contributed by atoms with Gasteiger partial charge in [0.15, 0.2) is 0 Å². The Hall–Kier alpha value is -1.16. The third-order valence-corrected chi connectivity index (χ3v) is 2.11. The van der Waals surface area contributed by atoms with Gasteiger partial charge in [0, 0.05) is 12.4 Å². The monoisotopic (exact) mass is 179 g/mol. The quantitative estimate of drug-likeness (QED) is 0.676. The van der Waals surface area contributed by atoms with Crippen LogP contribution >= 0.6 is 0 Å². The van der Waals surface area contributed by atoms with Crippen molar-refractivity contribution in [1.82, 2.24) is 9.97 Å².